The zero-order chi connectivity index (χ0) is 25.6. The number of benzene rings is 2. The minimum absolute atomic E-state index is 0.148. The SMILES string of the molecule is CCCSP(=O)(OCC)Oc1ccc(C(C)(C)C)cc1NC(=O)c1ccc(OC(C)(C)C)cc1. The molecule has 0 heterocycles. The first-order chi connectivity index (χ1) is 15.8. The largest absolute Gasteiger partial charge is 0.488 e. The normalized spacial score (nSPS) is 13.8. The Kier molecular flexibility index (Phi) is 9.70. The quantitative estimate of drug-likeness (QED) is 0.328. The lowest BCUT2D eigenvalue weighted by Crippen LogP contribution is -2.23. The number of amides is 1. The van der Waals surface area contributed by atoms with E-state index in [1.165, 1.54) is 11.4 Å². The van der Waals surface area contributed by atoms with Gasteiger partial charge >= 0.3 is 6.80 Å². The summed E-state index contributed by atoms with van der Waals surface area (Å²) in [5, 5.41) is 2.94. The van der Waals surface area contributed by atoms with E-state index in [1.807, 2.05) is 39.8 Å². The van der Waals surface area contributed by atoms with E-state index in [0.717, 1.165) is 12.0 Å². The summed E-state index contributed by atoms with van der Waals surface area (Å²) in [7, 11) is 0. The molecule has 1 atom stereocenters. The number of ether oxygens (including phenoxy) is 1. The monoisotopic (exact) mass is 507 g/mol. The Morgan fingerprint density at radius 3 is 2.18 bits per heavy atom. The highest BCUT2D eigenvalue weighted by atomic mass is 32.7. The maximum Gasteiger partial charge on any atom is 0.440 e. The molecule has 34 heavy (non-hydrogen) atoms. The van der Waals surface area contributed by atoms with E-state index < -0.39 is 6.80 Å². The van der Waals surface area contributed by atoms with Crippen molar-refractivity contribution in [3.63, 3.8) is 0 Å². The molecule has 1 N–H and O–H groups in total. The van der Waals surface area contributed by atoms with Gasteiger partial charge < -0.3 is 14.6 Å². The molecule has 0 aliphatic carbocycles. The molecule has 188 valence electrons. The number of hydrogen-bond donors (Lipinski definition) is 1. The highest BCUT2D eigenvalue weighted by molar-refractivity contribution is 8.55. The minimum atomic E-state index is -3.43. The van der Waals surface area contributed by atoms with Crippen molar-refractivity contribution in [2.24, 2.45) is 0 Å². The molecule has 0 aliphatic rings. The molecule has 6 nitrogen and oxygen atoms in total. The second kappa shape index (κ2) is 11.7. The third-order valence-corrected chi connectivity index (χ3v) is 8.52. The van der Waals surface area contributed by atoms with Crippen molar-refractivity contribution in [3.8, 4) is 11.5 Å². The van der Waals surface area contributed by atoms with Crippen LogP contribution >= 0.6 is 18.2 Å². The molecule has 0 radical (unpaired) electrons. The summed E-state index contributed by atoms with van der Waals surface area (Å²) < 4.78 is 30.5. The van der Waals surface area contributed by atoms with Gasteiger partial charge in [-0.3, -0.25) is 9.32 Å². The topological polar surface area (TPSA) is 73.9 Å². The molecule has 0 saturated heterocycles. The van der Waals surface area contributed by atoms with E-state index in [1.54, 1.807) is 37.3 Å². The van der Waals surface area contributed by atoms with Crippen molar-refractivity contribution in [2.45, 2.75) is 72.8 Å². The lowest BCUT2D eigenvalue weighted by Gasteiger charge is -2.24. The van der Waals surface area contributed by atoms with Crippen LogP contribution in [0.25, 0.3) is 0 Å². The molecule has 0 aliphatic heterocycles. The van der Waals surface area contributed by atoms with Crippen LogP contribution in [0.2, 0.25) is 0 Å². The smallest absolute Gasteiger partial charge is 0.440 e. The molecular weight excluding hydrogens is 469 g/mol. The van der Waals surface area contributed by atoms with Crippen LogP contribution in [0, 0.1) is 0 Å². The van der Waals surface area contributed by atoms with Gasteiger partial charge in [0.05, 0.1) is 12.3 Å². The Balaban J connectivity index is 2.35. The van der Waals surface area contributed by atoms with Gasteiger partial charge in [-0.1, -0.05) is 33.8 Å². The maximum atomic E-state index is 13.3. The van der Waals surface area contributed by atoms with Crippen LogP contribution in [0.1, 0.15) is 77.7 Å². The number of rotatable bonds is 10. The zero-order valence-corrected chi connectivity index (χ0v) is 23.3. The summed E-state index contributed by atoms with van der Waals surface area (Å²) in [5.74, 6) is 1.34. The van der Waals surface area contributed by atoms with Gasteiger partial charge in [0.15, 0.2) is 5.75 Å². The van der Waals surface area contributed by atoms with E-state index in [2.05, 4.69) is 26.1 Å². The van der Waals surface area contributed by atoms with Crippen molar-refractivity contribution in [1.29, 1.82) is 0 Å². The van der Waals surface area contributed by atoms with E-state index in [0.29, 0.717) is 28.5 Å². The summed E-state index contributed by atoms with van der Waals surface area (Å²) in [5.41, 5.74) is 1.46. The Morgan fingerprint density at radius 1 is 1.00 bits per heavy atom. The standard InChI is InChI=1S/C26H38NO5PS/c1-9-17-34-33(29,30-10-2)32-23-16-13-20(25(3,4)5)18-22(23)27-24(28)19-11-14-21(15-12-19)31-26(6,7)8/h11-16,18H,9-10,17H2,1-8H3,(H,27,28). The molecule has 1 amide bonds. The Hall–Kier alpha value is -1.95. The first kappa shape index (κ1) is 28.3. The highest BCUT2D eigenvalue weighted by Crippen LogP contribution is 2.61. The maximum absolute atomic E-state index is 13.3. The van der Waals surface area contributed by atoms with Crippen LogP contribution in [0.15, 0.2) is 42.5 Å². The molecule has 8 heteroatoms. The highest BCUT2D eigenvalue weighted by Gasteiger charge is 2.29. The van der Waals surface area contributed by atoms with Crippen LogP contribution in [0.3, 0.4) is 0 Å². The summed E-state index contributed by atoms with van der Waals surface area (Å²) in [6, 6.07) is 12.5. The summed E-state index contributed by atoms with van der Waals surface area (Å²) in [6.45, 7) is 12.8. The van der Waals surface area contributed by atoms with Gasteiger partial charge in [-0.05, 0) is 92.9 Å². The lowest BCUT2D eigenvalue weighted by molar-refractivity contribution is 0.102. The second-order valence-electron chi connectivity index (χ2n) is 9.94. The lowest BCUT2D eigenvalue weighted by atomic mass is 9.87. The van der Waals surface area contributed by atoms with Gasteiger partial charge in [0, 0.05) is 11.3 Å². The van der Waals surface area contributed by atoms with E-state index >= 15 is 0 Å². The van der Waals surface area contributed by atoms with Gasteiger partial charge in [-0.2, -0.15) is 0 Å². The van der Waals surface area contributed by atoms with Crippen LogP contribution < -0.4 is 14.6 Å². The third kappa shape index (κ3) is 8.68. The van der Waals surface area contributed by atoms with Crippen LogP contribution in [0.4, 0.5) is 5.69 Å². The van der Waals surface area contributed by atoms with Gasteiger partial charge in [0.1, 0.15) is 11.4 Å². The van der Waals surface area contributed by atoms with Crippen molar-refractivity contribution in [3.05, 3.63) is 53.6 Å². The zero-order valence-electron chi connectivity index (χ0n) is 21.6. The van der Waals surface area contributed by atoms with E-state index in [9.17, 15) is 9.36 Å². The predicted molar refractivity (Wildman–Crippen MR) is 143 cm³/mol. The molecule has 0 fully saturated rings. The molecule has 1 unspecified atom stereocenters. The average molecular weight is 508 g/mol. The molecule has 2 rings (SSSR count). The van der Waals surface area contributed by atoms with E-state index in [4.69, 9.17) is 13.8 Å². The molecule has 0 saturated carbocycles. The van der Waals surface area contributed by atoms with Gasteiger partial charge in [0.2, 0.25) is 0 Å². The van der Waals surface area contributed by atoms with Gasteiger partial charge in [0.25, 0.3) is 5.91 Å². The molecule has 0 bridgehead atoms. The Bertz CT molecular complexity index is 1010. The minimum Gasteiger partial charge on any atom is -0.488 e. The number of carbonyl (C=O) groups excluding carboxylic acids is 1. The average Bonchev–Trinajstić information content (AvgIpc) is 2.72. The van der Waals surface area contributed by atoms with Crippen molar-refractivity contribution in [2.75, 3.05) is 17.7 Å². The van der Waals surface area contributed by atoms with E-state index in [-0.39, 0.29) is 23.5 Å². The molecule has 2 aromatic rings. The number of anilines is 1. The molecule has 0 aromatic heterocycles. The summed E-state index contributed by atoms with van der Waals surface area (Å²) in [6.07, 6.45) is 0.840. The Morgan fingerprint density at radius 2 is 1.65 bits per heavy atom. The predicted octanol–water partition coefficient (Wildman–Crippen LogP) is 8.08. The fourth-order valence-corrected chi connectivity index (χ4v) is 6.43. The summed E-state index contributed by atoms with van der Waals surface area (Å²) in [4.78, 5) is 13.1. The second-order valence-corrected chi connectivity index (χ2v) is 14.1. The fraction of sp³-hybridized carbons (Fsp3) is 0.500. The molecule has 0 spiro atoms. The number of carbonyl (C=O) groups is 1. The van der Waals surface area contributed by atoms with Crippen LogP contribution in [-0.4, -0.2) is 23.9 Å². The van der Waals surface area contributed by atoms with Gasteiger partial charge in [-0.25, -0.2) is 4.57 Å². The first-order valence-corrected chi connectivity index (χ1v) is 14.7. The summed E-state index contributed by atoms with van der Waals surface area (Å²) >= 11 is 1.17. The van der Waals surface area contributed by atoms with Crippen molar-refractivity contribution >= 4 is 29.8 Å². The fourth-order valence-electron chi connectivity index (χ4n) is 2.97. The third-order valence-electron chi connectivity index (χ3n) is 4.59. The number of nitrogens with one attached hydrogen (secondary N) is 1. The Labute approximate surface area is 208 Å². The van der Waals surface area contributed by atoms with Crippen molar-refractivity contribution in [1.82, 2.24) is 0 Å². The van der Waals surface area contributed by atoms with Crippen LogP contribution in [-0.2, 0) is 14.5 Å². The number of hydrogen-bond acceptors (Lipinski definition) is 6. The van der Waals surface area contributed by atoms with Crippen LogP contribution in [0.5, 0.6) is 11.5 Å². The van der Waals surface area contributed by atoms with Crippen molar-refractivity contribution < 1.29 is 23.1 Å². The molecular formula is C26H38NO5PS. The molecule has 2 aromatic carbocycles. The first-order valence-electron chi connectivity index (χ1n) is 11.6. The van der Waals surface area contributed by atoms with Gasteiger partial charge in [-0.15, -0.1) is 0 Å².